The van der Waals surface area contributed by atoms with Crippen LogP contribution in [0.2, 0.25) is 0 Å². The number of nitriles is 1. The molecule has 0 fully saturated rings. The highest BCUT2D eigenvalue weighted by atomic mass is 17.2. The molecule has 0 N–H and O–H groups in total. The molecule has 0 rings (SSSR count). The minimum Gasteiger partial charge on any atom is -0.298 e. The Morgan fingerprint density at radius 2 is 1.70 bits per heavy atom. The number of nitrogens with zero attached hydrogens (tertiary/aromatic N) is 3. The molecule has 0 spiro atoms. The molecule has 1 unspecified atom stereocenters. The van der Waals surface area contributed by atoms with Crippen molar-refractivity contribution in [2.45, 2.75) is 97.2 Å². The molecule has 0 aliphatic carbocycles. The van der Waals surface area contributed by atoms with Crippen LogP contribution in [0.4, 0.5) is 0 Å². The maximum absolute atomic E-state index is 11.6. The topological polar surface area (TPSA) is 84.0 Å². The van der Waals surface area contributed by atoms with Gasteiger partial charge in [-0.25, -0.2) is 4.79 Å². The SMILES string of the molecule is CCC(C)(C)OOC(=O)CCCCC(C)(C#N)N=NC(C)(C)C. The van der Waals surface area contributed by atoms with Crippen molar-refractivity contribution in [1.29, 1.82) is 5.26 Å². The maximum Gasteiger partial charge on any atom is 0.342 e. The summed E-state index contributed by atoms with van der Waals surface area (Å²) in [5.74, 6) is -0.387. The highest BCUT2D eigenvalue weighted by Gasteiger charge is 2.24. The zero-order valence-electron chi connectivity index (χ0n) is 15.6. The number of carbonyl (C=O) groups is 1. The molecule has 0 amide bonds. The van der Waals surface area contributed by atoms with Gasteiger partial charge in [-0.2, -0.15) is 20.4 Å². The quantitative estimate of drug-likeness (QED) is 0.265. The summed E-state index contributed by atoms with van der Waals surface area (Å²) in [4.78, 5) is 21.5. The van der Waals surface area contributed by atoms with Crippen LogP contribution in [-0.4, -0.2) is 22.6 Å². The number of hydrogen-bond donors (Lipinski definition) is 0. The molecule has 6 heteroatoms. The van der Waals surface area contributed by atoms with E-state index in [1.165, 1.54) is 0 Å². The van der Waals surface area contributed by atoms with Crippen molar-refractivity contribution in [2.24, 2.45) is 10.2 Å². The third-order valence-corrected chi connectivity index (χ3v) is 3.32. The van der Waals surface area contributed by atoms with Crippen molar-refractivity contribution in [1.82, 2.24) is 0 Å². The molecular formula is C17H31N3O3. The van der Waals surface area contributed by atoms with Crippen LogP contribution in [0.5, 0.6) is 0 Å². The molecule has 1 atom stereocenters. The minimum atomic E-state index is -0.849. The third kappa shape index (κ3) is 10.8. The van der Waals surface area contributed by atoms with Gasteiger partial charge in [0.1, 0.15) is 5.60 Å². The van der Waals surface area contributed by atoms with E-state index >= 15 is 0 Å². The number of azo groups is 1. The van der Waals surface area contributed by atoms with Crippen LogP contribution in [0.3, 0.4) is 0 Å². The second kappa shape index (κ2) is 8.97. The lowest BCUT2D eigenvalue weighted by molar-refractivity contribution is -0.325. The van der Waals surface area contributed by atoms with Gasteiger partial charge in [-0.1, -0.05) is 6.92 Å². The standard InChI is InChI=1S/C17H31N3O3/c1-8-16(5,6)23-22-14(21)11-9-10-12-17(7,13-18)20-19-15(2,3)4/h8-12H2,1-7H3. The van der Waals surface area contributed by atoms with Gasteiger partial charge >= 0.3 is 5.97 Å². The zero-order valence-corrected chi connectivity index (χ0v) is 15.6. The predicted octanol–water partition coefficient (Wildman–Crippen LogP) is 4.74. The summed E-state index contributed by atoms with van der Waals surface area (Å²) < 4.78 is 0. The zero-order chi connectivity index (χ0) is 18.1. The van der Waals surface area contributed by atoms with Gasteiger partial charge in [-0.3, -0.25) is 4.89 Å². The second-order valence-corrected chi connectivity index (χ2v) is 7.62. The smallest absolute Gasteiger partial charge is 0.298 e. The van der Waals surface area contributed by atoms with E-state index in [-0.39, 0.29) is 17.9 Å². The van der Waals surface area contributed by atoms with E-state index in [4.69, 9.17) is 9.78 Å². The number of hydrogen-bond acceptors (Lipinski definition) is 6. The predicted molar refractivity (Wildman–Crippen MR) is 88.6 cm³/mol. The van der Waals surface area contributed by atoms with Crippen LogP contribution in [-0.2, 0) is 14.6 Å². The molecule has 0 aliphatic heterocycles. The van der Waals surface area contributed by atoms with Crippen LogP contribution in [0, 0.1) is 11.3 Å². The Morgan fingerprint density at radius 1 is 1.09 bits per heavy atom. The normalized spacial score (nSPS) is 15.2. The second-order valence-electron chi connectivity index (χ2n) is 7.62. The van der Waals surface area contributed by atoms with Crippen molar-refractivity contribution in [3.05, 3.63) is 0 Å². The summed E-state index contributed by atoms with van der Waals surface area (Å²) >= 11 is 0. The Morgan fingerprint density at radius 3 is 2.17 bits per heavy atom. The number of unbranched alkanes of at least 4 members (excludes halogenated alkanes) is 1. The van der Waals surface area contributed by atoms with Gasteiger partial charge in [-0.05, 0) is 67.2 Å². The van der Waals surface area contributed by atoms with Gasteiger partial charge < -0.3 is 0 Å². The Bertz CT molecular complexity index is 447. The minimum absolute atomic E-state index is 0.262. The van der Waals surface area contributed by atoms with Gasteiger partial charge in [0.05, 0.1) is 11.6 Å². The molecule has 23 heavy (non-hydrogen) atoms. The molecule has 0 aromatic heterocycles. The number of carbonyl (C=O) groups excluding carboxylic acids is 1. The Kier molecular flexibility index (Phi) is 8.39. The van der Waals surface area contributed by atoms with Gasteiger partial charge in [0.2, 0.25) is 0 Å². The van der Waals surface area contributed by atoms with E-state index < -0.39 is 11.1 Å². The highest BCUT2D eigenvalue weighted by molar-refractivity contribution is 5.68. The maximum atomic E-state index is 11.6. The van der Waals surface area contributed by atoms with E-state index in [2.05, 4.69) is 16.3 Å². The van der Waals surface area contributed by atoms with Gasteiger partial charge in [0.25, 0.3) is 0 Å². The molecule has 0 aromatic rings. The first kappa shape index (κ1) is 21.5. The van der Waals surface area contributed by atoms with Crippen LogP contribution in [0.1, 0.15) is 80.6 Å². The summed E-state index contributed by atoms with van der Waals surface area (Å²) in [5, 5.41) is 17.6. The molecule has 132 valence electrons. The lowest BCUT2D eigenvalue weighted by Gasteiger charge is -2.20. The van der Waals surface area contributed by atoms with E-state index in [9.17, 15) is 10.1 Å². The van der Waals surface area contributed by atoms with E-state index in [0.29, 0.717) is 19.3 Å². The summed E-state index contributed by atoms with van der Waals surface area (Å²) in [6.45, 7) is 13.2. The summed E-state index contributed by atoms with van der Waals surface area (Å²) in [6.07, 6.45) is 2.88. The Hall–Kier alpha value is -1.48. The molecule has 0 radical (unpaired) electrons. The van der Waals surface area contributed by atoms with Crippen LogP contribution in [0.25, 0.3) is 0 Å². The van der Waals surface area contributed by atoms with Crippen molar-refractivity contribution in [3.8, 4) is 6.07 Å². The van der Waals surface area contributed by atoms with Crippen LogP contribution < -0.4 is 0 Å². The molecule has 6 nitrogen and oxygen atoms in total. The fourth-order valence-corrected chi connectivity index (χ4v) is 1.39. The van der Waals surface area contributed by atoms with E-state index in [0.717, 1.165) is 6.42 Å². The number of rotatable bonds is 9. The average molecular weight is 325 g/mol. The van der Waals surface area contributed by atoms with Crippen LogP contribution in [0.15, 0.2) is 10.2 Å². The van der Waals surface area contributed by atoms with Crippen molar-refractivity contribution in [2.75, 3.05) is 0 Å². The van der Waals surface area contributed by atoms with Crippen molar-refractivity contribution in [3.63, 3.8) is 0 Å². The van der Waals surface area contributed by atoms with Crippen molar-refractivity contribution < 1.29 is 14.6 Å². The first-order valence-electron chi connectivity index (χ1n) is 8.17. The highest BCUT2D eigenvalue weighted by Crippen LogP contribution is 2.22. The monoisotopic (exact) mass is 325 g/mol. The summed E-state index contributed by atoms with van der Waals surface area (Å²) in [6, 6.07) is 2.19. The molecule has 0 bridgehead atoms. The van der Waals surface area contributed by atoms with E-state index in [1.807, 2.05) is 41.5 Å². The Labute approximate surface area is 140 Å². The fraction of sp³-hybridized carbons (Fsp3) is 0.882. The first-order chi connectivity index (χ1) is 10.4. The molecule has 0 saturated heterocycles. The van der Waals surface area contributed by atoms with Crippen LogP contribution >= 0.6 is 0 Å². The first-order valence-corrected chi connectivity index (χ1v) is 8.17. The summed E-state index contributed by atoms with van der Waals surface area (Å²) in [5.41, 5.74) is -1.62. The molecule has 0 heterocycles. The fourth-order valence-electron chi connectivity index (χ4n) is 1.39. The van der Waals surface area contributed by atoms with Crippen molar-refractivity contribution >= 4 is 5.97 Å². The summed E-state index contributed by atoms with van der Waals surface area (Å²) in [7, 11) is 0. The molecule has 0 aromatic carbocycles. The van der Waals surface area contributed by atoms with E-state index in [1.54, 1.807) is 6.92 Å². The van der Waals surface area contributed by atoms with Gasteiger partial charge in [0, 0.05) is 6.42 Å². The molecular weight excluding hydrogens is 294 g/mol. The molecule has 0 saturated carbocycles. The molecule has 0 aliphatic rings. The Balaban J connectivity index is 4.17. The van der Waals surface area contributed by atoms with Gasteiger partial charge in [0.15, 0.2) is 5.54 Å². The lowest BCUT2D eigenvalue weighted by atomic mass is 9.97. The average Bonchev–Trinajstić information content (AvgIpc) is 2.47. The largest absolute Gasteiger partial charge is 0.342 e. The lowest BCUT2D eigenvalue weighted by Crippen LogP contribution is -2.25. The van der Waals surface area contributed by atoms with Gasteiger partial charge in [-0.15, -0.1) is 0 Å². The third-order valence-electron chi connectivity index (χ3n) is 3.32.